The fraction of sp³-hybridized carbons (Fsp3) is 0.350. The average Bonchev–Trinajstić information content (AvgIpc) is 2.64. The topological polar surface area (TPSA) is 45.7 Å². The minimum Gasteiger partial charge on any atom is -0.497 e. The minimum atomic E-state index is 0.858. The van der Waals surface area contributed by atoms with Gasteiger partial charge < -0.3 is 15.4 Å². The highest BCUT2D eigenvalue weighted by molar-refractivity contribution is 5.79. The first-order valence-electron chi connectivity index (χ1n) is 8.43. The smallest absolute Gasteiger partial charge is 0.190 e. The van der Waals surface area contributed by atoms with Crippen LogP contribution < -0.4 is 15.4 Å². The van der Waals surface area contributed by atoms with E-state index in [0.29, 0.717) is 0 Å². The molecule has 0 unspecified atom stereocenters. The zero-order valence-electron chi connectivity index (χ0n) is 14.6. The lowest BCUT2D eigenvalue weighted by molar-refractivity contribution is 0.414. The zero-order valence-corrected chi connectivity index (χ0v) is 14.6. The van der Waals surface area contributed by atoms with E-state index in [4.69, 9.17) is 4.74 Å². The third kappa shape index (κ3) is 6.32. The number of nitrogens with zero attached hydrogens (tertiary/aromatic N) is 1. The summed E-state index contributed by atoms with van der Waals surface area (Å²) in [6, 6.07) is 18.7. The van der Waals surface area contributed by atoms with E-state index in [1.54, 1.807) is 14.2 Å². The molecule has 4 heteroatoms. The van der Waals surface area contributed by atoms with Gasteiger partial charge in [0.2, 0.25) is 0 Å². The van der Waals surface area contributed by atoms with Crippen LogP contribution in [-0.2, 0) is 12.8 Å². The summed E-state index contributed by atoms with van der Waals surface area (Å²) in [5, 5.41) is 6.72. The lowest BCUT2D eigenvalue weighted by Crippen LogP contribution is -2.38. The van der Waals surface area contributed by atoms with Crippen LogP contribution in [0.4, 0.5) is 0 Å². The molecule has 0 aliphatic rings. The Balaban J connectivity index is 1.64. The normalized spacial score (nSPS) is 11.2. The van der Waals surface area contributed by atoms with Crippen molar-refractivity contribution in [2.24, 2.45) is 4.99 Å². The lowest BCUT2D eigenvalue weighted by atomic mass is 10.1. The van der Waals surface area contributed by atoms with Crippen LogP contribution in [0.15, 0.2) is 59.6 Å². The van der Waals surface area contributed by atoms with Gasteiger partial charge in [-0.1, -0.05) is 42.5 Å². The number of benzene rings is 2. The van der Waals surface area contributed by atoms with Gasteiger partial charge >= 0.3 is 0 Å². The second kappa shape index (κ2) is 10.3. The van der Waals surface area contributed by atoms with E-state index in [1.807, 2.05) is 18.2 Å². The van der Waals surface area contributed by atoms with E-state index in [1.165, 1.54) is 11.1 Å². The second-order valence-corrected chi connectivity index (χ2v) is 5.62. The number of aliphatic imine (C=N–C) groups is 1. The van der Waals surface area contributed by atoms with Gasteiger partial charge in [-0.05, 0) is 42.5 Å². The molecular formula is C20H27N3O. The molecule has 2 rings (SSSR count). The molecule has 2 aromatic rings. The molecule has 0 spiro atoms. The van der Waals surface area contributed by atoms with Crippen molar-refractivity contribution in [2.75, 3.05) is 27.2 Å². The number of rotatable bonds is 8. The van der Waals surface area contributed by atoms with Crippen molar-refractivity contribution >= 4 is 5.96 Å². The van der Waals surface area contributed by atoms with E-state index >= 15 is 0 Å². The molecule has 0 bridgehead atoms. The maximum atomic E-state index is 5.25. The monoisotopic (exact) mass is 325 g/mol. The van der Waals surface area contributed by atoms with Crippen molar-refractivity contribution in [3.8, 4) is 5.75 Å². The molecule has 0 amide bonds. The largest absolute Gasteiger partial charge is 0.497 e. The van der Waals surface area contributed by atoms with Crippen LogP contribution in [0.3, 0.4) is 0 Å². The van der Waals surface area contributed by atoms with Crippen molar-refractivity contribution in [1.82, 2.24) is 10.6 Å². The molecule has 0 aliphatic heterocycles. The Labute approximate surface area is 145 Å². The highest BCUT2D eigenvalue weighted by Gasteiger charge is 1.99. The summed E-state index contributed by atoms with van der Waals surface area (Å²) in [6.07, 6.45) is 3.06. The predicted molar refractivity (Wildman–Crippen MR) is 101 cm³/mol. The van der Waals surface area contributed by atoms with Gasteiger partial charge in [0, 0.05) is 20.1 Å². The van der Waals surface area contributed by atoms with Gasteiger partial charge in [-0.15, -0.1) is 0 Å². The van der Waals surface area contributed by atoms with Crippen LogP contribution in [0.2, 0.25) is 0 Å². The Hall–Kier alpha value is -2.49. The summed E-state index contributed by atoms with van der Waals surface area (Å²) in [7, 11) is 3.51. The number of hydrogen-bond donors (Lipinski definition) is 2. The summed E-state index contributed by atoms with van der Waals surface area (Å²) in [6.45, 7) is 1.77. The van der Waals surface area contributed by atoms with Gasteiger partial charge in [0.05, 0.1) is 7.11 Å². The Bertz CT molecular complexity index is 626. The molecule has 0 saturated carbocycles. The fourth-order valence-electron chi connectivity index (χ4n) is 2.52. The Kier molecular flexibility index (Phi) is 7.68. The lowest BCUT2D eigenvalue weighted by Gasteiger charge is -2.12. The average molecular weight is 325 g/mol. The van der Waals surface area contributed by atoms with Crippen LogP contribution in [0.5, 0.6) is 5.75 Å². The van der Waals surface area contributed by atoms with Crippen molar-refractivity contribution in [3.63, 3.8) is 0 Å². The highest BCUT2D eigenvalue weighted by Crippen LogP contribution is 2.13. The van der Waals surface area contributed by atoms with Crippen LogP contribution in [0, 0.1) is 0 Å². The quantitative estimate of drug-likeness (QED) is 0.445. The van der Waals surface area contributed by atoms with Gasteiger partial charge in [0.25, 0.3) is 0 Å². The van der Waals surface area contributed by atoms with Crippen LogP contribution in [-0.4, -0.2) is 33.2 Å². The zero-order chi connectivity index (χ0) is 17.0. The minimum absolute atomic E-state index is 0.858. The van der Waals surface area contributed by atoms with E-state index in [9.17, 15) is 0 Å². The highest BCUT2D eigenvalue weighted by atomic mass is 16.5. The molecule has 4 nitrogen and oxygen atoms in total. The summed E-state index contributed by atoms with van der Waals surface area (Å²) < 4.78 is 5.25. The maximum Gasteiger partial charge on any atom is 0.190 e. The number of methoxy groups -OCH3 is 1. The van der Waals surface area contributed by atoms with Crippen molar-refractivity contribution < 1.29 is 4.74 Å². The fourth-order valence-corrected chi connectivity index (χ4v) is 2.52. The summed E-state index contributed by atoms with van der Waals surface area (Å²) in [5.41, 5.74) is 2.63. The SMILES string of the molecule is CN=C(NCCCc1cccc(OC)c1)NCCc1ccccc1. The first-order valence-corrected chi connectivity index (χ1v) is 8.43. The molecule has 0 aromatic heterocycles. The number of guanidine groups is 1. The van der Waals surface area contributed by atoms with Crippen molar-refractivity contribution in [3.05, 3.63) is 65.7 Å². The molecule has 2 N–H and O–H groups in total. The number of ether oxygens (including phenoxy) is 1. The van der Waals surface area contributed by atoms with Gasteiger partial charge in [0.1, 0.15) is 5.75 Å². The number of hydrogen-bond acceptors (Lipinski definition) is 2. The van der Waals surface area contributed by atoms with Crippen molar-refractivity contribution in [1.29, 1.82) is 0 Å². The molecule has 2 aromatic carbocycles. The van der Waals surface area contributed by atoms with Gasteiger partial charge in [-0.3, -0.25) is 4.99 Å². The molecule has 128 valence electrons. The Morgan fingerprint density at radius 3 is 2.42 bits per heavy atom. The molecule has 0 atom stereocenters. The van der Waals surface area contributed by atoms with E-state index in [0.717, 1.165) is 44.1 Å². The van der Waals surface area contributed by atoms with Gasteiger partial charge in [0.15, 0.2) is 5.96 Å². The summed E-state index contributed by atoms with van der Waals surface area (Å²) >= 11 is 0. The molecular weight excluding hydrogens is 298 g/mol. The molecule has 0 radical (unpaired) electrons. The molecule has 0 heterocycles. The third-order valence-electron chi connectivity index (χ3n) is 3.84. The van der Waals surface area contributed by atoms with E-state index in [2.05, 4.69) is 52.0 Å². The maximum absolute atomic E-state index is 5.25. The first kappa shape index (κ1) is 17.9. The molecule has 0 saturated heterocycles. The summed E-state index contributed by atoms with van der Waals surface area (Å²) in [4.78, 5) is 4.27. The molecule has 0 aliphatic carbocycles. The number of nitrogens with one attached hydrogen (secondary N) is 2. The van der Waals surface area contributed by atoms with Crippen LogP contribution in [0.25, 0.3) is 0 Å². The number of aryl methyl sites for hydroxylation is 1. The van der Waals surface area contributed by atoms with Crippen LogP contribution in [0.1, 0.15) is 17.5 Å². The van der Waals surface area contributed by atoms with Gasteiger partial charge in [-0.2, -0.15) is 0 Å². The van der Waals surface area contributed by atoms with Gasteiger partial charge in [-0.25, -0.2) is 0 Å². The van der Waals surface area contributed by atoms with E-state index < -0.39 is 0 Å². The van der Waals surface area contributed by atoms with E-state index in [-0.39, 0.29) is 0 Å². The first-order chi connectivity index (χ1) is 11.8. The predicted octanol–water partition coefficient (Wildman–Crippen LogP) is 3.04. The second-order valence-electron chi connectivity index (χ2n) is 5.62. The Morgan fingerprint density at radius 1 is 0.917 bits per heavy atom. The van der Waals surface area contributed by atoms with Crippen LogP contribution >= 0.6 is 0 Å². The molecule has 24 heavy (non-hydrogen) atoms. The van der Waals surface area contributed by atoms with Crippen molar-refractivity contribution in [2.45, 2.75) is 19.3 Å². The standard InChI is InChI=1S/C20H27N3O/c1-21-20(23-15-13-17-8-4-3-5-9-17)22-14-7-11-18-10-6-12-19(16-18)24-2/h3-6,8-10,12,16H,7,11,13-15H2,1-2H3,(H2,21,22,23). The molecule has 0 fully saturated rings. The Morgan fingerprint density at radius 2 is 1.67 bits per heavy atom. The third-order valence-corrected chi connectivity index (χ3v) is 3.84. The summed E-state index contributed by atoms with van der Waals surface area (Å²) in [5.74, 6) is 1.77.